The van der Waals surface area contributed by atoms with Crippen LogP contribution in [-0.4, -0.2) is 12.5 Å². The summed E-state index contributed by atoms with van der Waals surface area (Å²) in [5.41, 5.74) is 0.912. The van der Waals surface area contributed by atoms with Gasteiger partial charge in [-0.1, -0.05) is 22.0 Å². The summed E-state index contributed by atoms with van der Waals surface area (Å²) in [6.07, 6.45) is 0.314. The number of nitrogens with one attached hydrogen (secondary N) is 1. The SMILES string of the molecule is O=C(NCCc1ccc(F)cc1F)c1ccc(Br)cc1. The Morgan fingerprint density at radius 3 is 2.45 bits per heavy atom. The second kappa shape index (κ2) is 6.61. The third kappa shape index (κ3) is 3.87. The monoisotopic (exact) mass is 339 g/mol. The highest BCUT2D eigenvalue weighted by molar-refractivity contribution is 9.10. The summed E-state index contributed by atoms with van der Waals surface area (Å²) in [5, 5.41) is 2.69. The van der Waals surface area contributed by atoms with Gasteiger partial charge >= 0.3 is 0 Å². The Morgan fingerprint density at radius 1 is 1.10 bits per heavy atom. The van der Waals surface area contributed by atoms with Gasteiger partial charge in [0.1, 0.15) is 11.6 Å². The minimum Gasteiger partial charge on any atom is -0.352 e. The molecule has 0 aliphatic rings. The van der Waals surface area contributed by atoms with Gasteiger partial charge in [0.2, 0.25) is 0 Å². The van der Waals surface area contributed by atoms with E-state index in [0.29, 0.717) is 17.5 Å². The molecule has 0 bridgehead atoms. The predicted molar refractivity (Wildman–Crippen MR) is 76.5 cm³/mol. The van der Waals surface area contributed by atoms with Gasteiger partial charge in [0, 0.05) is 22.6 Å². The van der Waals surface area contributed by atoms with Crippen molar-refractivity contribution >= 4 is 21.8 Å². The van der Waals surface area contributed by atoms with E-state index in [0.717, 1.165) is 10.5 Å². The molecule has 0 saturated heterocycles. The molecule has 1 amide bonds. The molecule has 1 N–H and O–H groups in total. The molecule has 2 rings (SSSR count). The number of benzene rings is 2. The smallest absolute Gasteiger partial charge is 0.251 e. The summed E-state index contributed by atoms with van der Waals surface area (Å²) < 4.78 is 27.0. The summed E-state index contributed by atoms with van der Waals surface area (Å²) in [5.74, 6) is -1.42. The van der Waals surface area contributed by atoms with Crippen molar-refractivity contribution < 1.29 is 13.6 Å². The normalized spacial score (nSPS) is 10.3. The third-order valence-corrected chi connectivity index (χ3v) is 3.33. The maximum Gasteiger partial charge on any atom is 0.251 e. The zero-order valence-corrected chi connectivity index (χ0v) is 12.1. The van der Waals surface area contributed by atoms with Crippen molar-refractivity contribution in [2.45, 2.75) is 6.42 Å². The fourth-order valence-corrected chi connectivity index (χ4v) is 2.00. The molecule has 0 aliphatic carbocycles. The van der Waals surface area contributed by atoms with Gasteiger partial charge in [-0.2, -0.15) is 0 Å². The van der Waals surface area contributed by atoms with Gasteiger partial charge in [-0.05, 0) is 42.3 Å². The minimum absolute atomic E-state index is 0.222. The first-order chi connectivity index (χ1) is 9.56. The van der Waals surface area contributed by atoms with Crippen molar-refractivity contribution in [1.29, 1.82) is 0 Å². The van der Waals surface area contributed by atoms with E-state index in [4.69, 9.17) is 0 Å². The van der Waals surface area contributed by atoms with Gasteiger partial charge in [0.15, 0.2) is 0 Å². The number of amides is 1. The van der Waals surface area contributed by atoms with E-state index in [-0.39, 0.29) is 12.5 Å². The average molecular weight is 340 g/mol. The number of rotatable bonds is 4. The van der Waals surface area contributed by atoms with E-state index in [2.05, 4.69) is 21.2 Å². The van der Waals surface area contributed by atoms with Crippen LogP contribution in [0.5, 0.6) is 0 Å². The van der Waals surface area contributed by atoms with E-state index in [9.17, 15) is 13.6 Å². The fourth-order valence-electron chi connectivity index (χ4n) is 1.74. The summed E-state index contributed by atoms with van der Waals surface area (Å²) >= 11 is 3.29. The lowest BCUT2D eigenvalue weighted by atomic mass is 10.1. The zero-order valence-electron chi connectivity index (χ0n) is 10.5. The van der Waals surface area contributed by atoms with Gasteiger partial charge in [-0.3, -0.25) is 4.79 Å². The number of hydrogen-bond donors (Lipinski definition) is 1. The van der Waals surface area contributed by atoms with Crippen molar-refractivity contribution in [3.05, 3.63) is 69.7 Å². The third-order valence-electron chi connectivity index (χ3n) is 2.80. The Morgan fingerprint density at radius 2 is 1.80 bits per heavy atom. The van der Waals surface area contributed by atoms with E-state index < -0.39 is 11.6 Å². The molecule has 0 fully saturated rings. The first kappa shape index (κ1) is 14.7. The van der Waals surface area contributed by atoms with Crippen LogP contribution < -0.4 is 5.32 Å². The highest BCUT2D eigenvalue weighted by Gasteiger charge is 2.07. The molecule has 0 unspecified atom stereocenters. The molecule has 0 radical (unpaired) electrons. The molecule has 104 valence electrons. The lowest BCUT2D eigenvalue weighted by molar-refractivity contribution is 0.0954. The zero-order chi connectivity index (χ0) is 14.5. The molecule has 0 heterocycles. The Bertz CT molecular complexity index is 614. The highest BCUT2D eigenvalue weighted by atomic mass is 79.9. The van der Waals surface area contributed by atoms with Crippen molar-refractivity contribution in [2.24, 2.45) is 0 Å². The molecular formula is C15H12BrF2NO. The maximum atomic E-state index is 13.4. The number of hydrogen-bond acceptors (Lipinski definition) is 1. The summed E-state index contributed by atoms with van der Waals surface area (Å²) in [6, 6.07) is 10.4. The van der Waals surface area contributed by atoms with Crippen molar-refractivity contribution in [3.8, 4) is 0 Å². The molecule has 0 aliphatic heterocycles. The molecule has 2 aromatic rings. The van der Waals surface area contributed by atoms with Gasteiger partial charge in [-0.25, -0.2) is 8.78 Å². The second-order valence-corrected chi connectivity index (χ2v) is 5.16. The van der Waals surface area contributed by atoms with Crippen molar-refractivity contribution in [1.82, 2.24) is 5.32 Å². The molecule has 0 atom stereocenters. The van der Waals surface area contributed by atoms with Gasteiger partial charge in [-0.15, -0.1) is 0 Å². The van der Waals surface area contributed by atoms with Crippen molar-refractivity contribution in [3.63, 3.8) is 0 Å². The summed E-state index contributed by atoms with van der Waals surface area (Å²) in [7, 11) is 0. The molecule has 2 nitrogen and oxygen atoms in total. The Kier molecular flexibility index (Phi) is 4.84. The lowest BCUT2D eigenvalue weighted by Crippen LogP contribution is -2.25. The van der Waals surface area contributed by atoms with Crippen LogP contribution in [0.25, 0.3) is 0 Å². The van der Waals surface area contributed by atoms with E-state index >= 15 is 0 Å². The highest BCUT2D eigenvalue weighted by Crippen LogP contribution is 2.11. The quantitative estimate of drug-likeness (QED) is 0.904. The minimum atomic E-state index is -0.606. The average Bonchev–Trinajstić information content (AvgIpc) is 2.42. The first-order valence-electron chi connectivity index (χ1n) is 6.04. The van der Waals surface area contributed by atoms with Crippen LogP contribution >= 0.6 is 15.9 Å². The van der Waals surface area contributed by atoms with Crippen molar-refractivity contribution in [2.75, 3.05) is 6.54 Å². The standard InChI is InChI=1S/C15H12BrF2NO/c16-12-4-1-11(2-5-12)15(20)19-8-7-10-3-6-13(17)9-14(10)18/h1-6,9H,7-8H2,(H,19,20). The molecule has 20 heavy (non-hydrogen) atoms. The van der Waals surface area contributed by atoms with Crippen LogP contribution in [0.3, 0.4) is 0 Å². The van der Waals surface area contributed by atoms with Crippen LogP contribution in [0, 0.1) is 11.6 Å². The number of halogens is 3. The lowest BCUT2D eigenvalue weighted by Gasteiger charge is -2.06. The molecule has 2 aromatic carbocycles. The van der Waals surface area contributed by atoms with Crippen LogP contribution in [-0.2, 0) is 6.42 Å². The molecule has 0 aromatic heterocycles. The summed E-state index contributed by atoms with van der Waals surface area (Å²) in [4.78, 5) is 11.8. The fraction of sp³-hybridized carbons (Fsp3) is 0.133. The van der Waals surface area contributed by atoms with Gasteiger partial charge in [0.25, 0.3) is 5.91 Å². The van der Waals surface area contributed by atoms with Crippen LogP contribution in [0.15, 0.2) is 46.9 Å². The van der Waals surface area contributed by atoms with Gasteiger partial charge < -0.3 is 5.32 Å². The van der Waals surface area contributed by atoms with Gasteiger partial charge in [0.05, 0.1) is 0 Å². The molecule has 0 spiro atoms. The topological polar surface area (TPSA) is 29.1 Å². The second-order valence-electron chi connectivity index (χ2n) is 4.25. The van der Waals surface area contributed by atoms with Crippen LogP contribution in [0.4, 0.5) is 8.78 Å². The Labute approximate surface area is 123 Å². The Balaban J connectivity index is 1.89. The molecule has 5 heteroatoms. The molecule has 0 saturated carbocycles. The van der Waals surface area contributed by atoms with Crippen LogP contribution in [0.1, 0.15) is 15.9 Å². The van der Waals surface area contributed by atoms with E-state index in [1.807, 2.05) is 0 Å². The van der Waals surface area contributed by atoms with Crippen LogP contribution in [0.2, 0.25) is 0 Å². The molecular weight excluding hydrogens is 328 g/mol. The number of carbonyl (C=O) groups excluding carboxylic acids is 1. The largest absolute Gasteiger partial charge is 0.352 e. The maximum absolute atomic E-state index is 13.4. The summed E-state index contributed by atoms with van der Waals surface area (Å²) in [6.45, 7) is 0.289. The first-order valence-corrected chi connectivity index (χ1v) is 6.83. The van der Waals surface area contributed by atoms with E-state index in [1.165, 1.54) is 12.1 Å². The Hall–Kier alpha value is -1.75. The number of carbonyl (C=O) groups is 1. The predicted octanol–water partition coefficient (Wildman–Crippen LogP) is 3.70. The van der Waals surface area contributed by atoms with E-state index in [1.54, 1.807) is 24.3 Å².